The van der Waals surface area contributed by atoms with E-state index in [0.29, 0.717) is 35.9 Å². The van der Waals surface area contributed by atoms with Crippen molar-refractivity contribution < 1.29 is 9.13 Å². The number of hydrogen-bond acceptors (Lipinski definition) is 4. The van der Waals surface area contributed by atoms with Crippen molar-refractivity contribution >= 4 is 0 Å². The van der Waals surface area contributed by atoms with Gasteiger partial charge in [-0.05, 0) is 37.2 Å². The van der Waals surface area contributed by atoms with Crippen LogP contribution in [0.4, 0.5) is 4.39 Å². The number of rotatable bonds is 4. The average Bonchev–Trinajstić information content (AvgIpc) is 2.42. The quantitative estimate of drug-likeness (QED) is 0.915. The molecule has 0 saturated carbocycles. The maximum absolute atomic E-state index is 13.3. The fourth-order valence-corrected chi connectivity index (χ4v) is 1.77. The molecule has 4 nitrogen and oxygen atoms in total. The molecule has 1 aromatic carbocycles. The Kier molecular flexibility index (Phi) is 4.06. The van der Waals surface area contributed by atoms with Crippen LogP contribution in [0.1, 0.15) is 11.4 Å². The van der Waals surface area contributed by atoms with Gasteiger partial charge in [0, 0.05) is 18.1 Å². The molecule has 0 radical (unpaired) electrons. The molecule has 0 bridgehead atoms. The van der Waals surface area contributed by atoms with Crippen LogP contribution < -0.4 is 10.5 Å². The minimum absolute atomic E-state index is 0.230. The van der Waals surface area contributed by atoms with Crippen molar-refractivity contribution in [3.8, 4) is 17.1 Å². The van der Waals surface area contributed by atoms with Crippen LogP contribution in [-0.4, -0.2) is 23.6 Å². The first-order valence-corrected chi connectivity index (χ1v) is 6.02. The lowest BCUT2D eigenvalue weighted by Crippen LogP contribution is -2.07. The third-order valence-corrected chi connectivity index (χ3v) is 2.78. The molecule has 0 saturated heterocycles. The van der Waals surface area contributed by atoms with Gasteiger partial charge in [0.15, 0.2) is 0 Å². The summed E-state index contributed by atoms with van der Waals surface area (Å²) in [4.78, 5) is 8.64. The number of halogens is 1. The summed E-state index contributed by atoms with van der Waals surface area (Å²) in [5.41, 5.74) is 7.63. The largest absolute Gasteiger partial charge is 0.481 e. The summed E-state index contributed by atoms with van der Waals surface area (Å²) in [6, 6.07) is 6.61. The van der Waals surface area contributed by atoms with Crippen LogP contribution in [-0.2, 0) is 6.42 Å². The van der Waals surface area contributed by atoms with E-state index in [1.54, 1.807) is 32.2 Å². The molecular weight excluding hydrogens is 245 g/mol. The number of nitrogens with zero attached hydrogens (tertiary/aromatic N) is 2. The molecule has 100 valence electrons. The van der Waals surface area contributed by atoms with Gasteiger partial charge in [0.05, 0.1) is 12.8 Å². The molecule has 0 spiro atoms. The minimum atomic E-state index is -0.230. The highest BCUT2D eigenvalue weighted by atomic mass is 19.1. The van der Waals surface area contributed by atoms with E-state index in [-0.39, 0.29) is 5.82 Å². The van der Waals surface area contributed by atoms with Gasteiger partial charge in [-0.3, -0.25) is 0 Å². The molecule has 0 aliphatic carbocycles. The van der Waals surface area contributed by atoms with Gasteiger partial charge in [0.25, 0.3) is 0 Å². The van der Waals surface area contributed by atoms with Gasteiger partial charge < -0.3 is 10.5 Å². The predicted molar refractivity (Wildman–Crippen MR) is 71.5 cm³/mol. The summed E-state index contributed by atoms with van der Waals surface area (Å²) in [6.45, 7) is 2.19. The lowest BCUT2D eigenvalue weighted by molar-refractivity contribution is 0.395. The zero-order valence-corrected chi connectivity index (χ0v) is 11.0. The highest BCUT2D eigenvalue weighted by molar-refractivity contribution is 5.61. The third-order valence-electron chi connectivity index (χ3n) is 2.78. The molecule has 5 heteroatoms. The molecule has 1 aromatic heterocycles. The van der Waals surface area contributed by atoms with E-state index >= 15 is 0 Å². The van der Waals surface area contributed by atoms with Crippen molar-refractivity contribution in [1.29, 1.82) is 0 Å². The van der Waals surface area contributed by atoms with Crippen LogP contribution in [0.15, 0.2) is 24.3 Å². The molecule has 2 aromatic rings. The molecular formula is C14H16FN3O. The Morgan fingerprint density at radius 1 is 1.26 bits per heavy atom. The maximum Gasteiger partial charge on any atom is 0.216 e. The van der Waals surface area contributed by atoms with Crippen molar-refractivity contribution in [3.05, 3.63) is 41.5 Å². The Hall–Kier alpha value is -2.01. The van der Waals surface area contributed by atoms with Gasteiger partial charge in [-0.15, -0.1) is 0 Å². The normalized spacial score (nSPS) is 10.5. The Balaban J connectivity index is 2.47. The smallest absolute Gasteiger partial charge is 0.216 e. The van der Waals surface area contributed by atoms with E-state index in [1.807, 2.05) is 0 Å². The third kappa shape index (κ3) is 3.06. The van der Waals surface area contributed by atoms with Gasteiger partial charge in [-0.1, -0.05) is 0 Å². The lowest BCUT2D eigenvalue weighted by Gasteiger charge is -2.08. The van der Waals surface area contributed by atoms with E-state index in [0.717, 1.165) is 5.56 Å². The Morgan fingerprint density at radius 3 is 2.68 bits per heavy atom. The van der Waals surface area contributed by atoms with Gasteiger partial charge in [0.2, 0.25) is 5.88 Å². The van der Waals surface area contributed by atoms with E-state index in [4.69, 9.17) is 10.5 Å². The van der Waals surface area contributed by atoms with E-state index in [1.165, 1.54) is 6.07 Å². The fraction of sp³-hybridized carbons (Fsp3) is 0.286. The second-order valence-electron chi connectivity index (χ2n) is 4.21. The zero-order chi connectivity index (χ0) is 13.8. The predicted octanol–water partition coefficient (Wildman–Crippen LogP) is 2.10. The van der Waals surface area contributed by atoms with Crippen molar-refractivity contribution in [2.24, 2.45) is 5.73 Å². The van der Waals surface area contributed by atoms with E-state index < -0.39 is 0 Å². The summed E-state index contributed by atoms with van der Waals surface area (Å²) in [6.07, 6.45) is 0.574. The van der Waals surface area contributed by atoms with Gasteiger partial charge >= 0.3 is 0 Å². The van der Waals surface area contributed by atoms with Crippen molar-refractivity contribution in [1.82, 2.24) is 9.97 Å². The van der Waals surface area contributed by atoms with Crippen molar-refractivity contribution in [3.63, 3.8) is 0 Å². The number of hydrogen-bond donors (Lipinski definition) is 1. The topological polar surface area (TPSA) is 61.0 Å². The summed E-state index contributed by atoms with van der Waals surface area (Å²) < 4.78 is 18.4. The van der Waals surface area contributed by atoms with Crippen LogP contribution >= 0.6 is 0 Å². The molecule has 0 fully saturated rings. The van der Waals surface area contributed by atoms with E-state index in [9.17, 15) is 4.39 Å². The Morgan fingerprint density at radius 2 is 2.05 bits per heavy atom. The average molecular weight is 261 g/mol. The SMILES string of the molecule is COc1cc(-c2ccc(F)c(C)c2)nc(CCN)n1. The second-order valence-corrected chi connectivity index (χ2v) is 4.21. The first kappa shape index (κ1) is 13.4. The fourth-order valence-electron chi connectivity index (χ4n) is 1.77. The van der Waals surface area contributed by atoms with E-state index in [2.05, 4.69) is 9.97 Å². The second kappa shape index (κ2) is 5.75. The standard InChI is InChI=1S/C14H16FN3O/c1-9-7-10(3-4-11(9)15)12-8-14(19-2)18-13(17-12)5-6-16/h3-4,7-8H,5-6,16H2,1-2H3. The number of ether oxygens (including phenoxy) is 1. The number of benzene rings is 1. The number of aryl methyl sites for hydroxylation is 1. The summed E-state index contributed by atoms with van der Waals surface area (Å²) >= 11 is 0. The van der Waals surface area contributed by atoms with Gasteiger partial charge in [0.1, 0.15) is 11.6 Å². The summed E-state index contributed by atoms with van der Waals surface area (Å²) in [7, 11) is 1.55. The number of aromatic nitrogens is 2. The molecule has 0 amide bonds. The zero-order valence-electron chi connectivity index (χ0n) is 11.0. The Labute approximate surface area is 111 Å². The molecule has 19 heavy (non-hydrogen) atoms. The minimum Gasteiger partial charge on any atom is -0.481 e. The summed E-state index contributed by atoms with van der Waals surface area (Å²) in [5.74, 6) is 0.876. The molecule has 1 heterocycles. The van der Waals surface area contributed by atoms with Crippen LogP contribution in [0.5, 0.6) is 5.88 Å². The van der Waals surface area contributed by atoms with Crippen LogP contribution in [0.25, 0.3) is 11.3 Å². The first-order valence-electron chi connectivity index (χ1n) is 6.02. The van der Waals surface area contributed by atoms with Crippen molar-refractivity contribution in [2.75, 3.05) is 13.7 Å². The van der Waals surface area contributed by atoms with Crippen LogP contribution in [0.2, 0.25) is 0 Å². The van der Waals surface area contributed by atoms with Gasteiger partial charge in [-0.25, -0.2) is 9.37 Å². The van der Waals surface area contributed by atoms with Crippen LogP contribution in [0, 0.1) is 12.7 Å². The number of methoxy groups -OCH3 is 1. The van der Waals surface area contributed by atoms with Crippen molar-refractivity contribution in [2.45, 2.75) is 13.3 Å². The molecule has 0 aliphatic rings. The molecule has 2 rings (SSSR count). The highest BCUT2D eigenvalue weighted by Crippen LogP contribution is 2.23. The monoisotopic (exact) mass is 261 g/mol. The molecule has 0 aliphatic heterocycles. The summed E-state index contributed by atoms with van der Waals surface area (Å²) in [5, 5.41) is 0. The van der Waals surface area contributed by atoms with Crippen LogP contribution in [0.3, 0.4) is 0 Å². The molecule has 0 unspecified atom stereocenters. The molecule has 0 atom stereocenters. The number of nitrogens with two attached hydrogens (primary N) is 1. The molecule has 2 N–H and O–H groups in total. The highest BCUT2D eigenvalue weighted by Gasteiger charge is 2.08. The Bertz CT molecular complexity index is 587. The first-order chi connectivity index (χ1) is 9.13. The lowest BCUT2D eigenvalue weighted by atomic mass is 10.1. The van der Waals surface area contributed by atoms with Gasteiger partial charge in [-0.2, -0.15) is 4.98 Å². The maximum atomic E-state index is 13.3.